The van der Waals surface area contributed by atoms with Crippen molar-refractivity contribution in [2.75, 3.05) is 25.9 Å². The minimum Gasteiger partial charge on any atom is -0.379 e. The lowest BCUT2D eigenvalue weighted by molar-refractivity contribution is 0.0951. The Bertz CT molecular complexity index is 1310. The number of amides is 1. The van der Waals surface area contributed by atoms with E-state index in [1.807, 2.05) is 41.8 Å². The summed E-state index contributed by atoms with van der Waals surface area (Å²) < 4.78 is 6.74. The molecule has 34 heavy (non-hydrogen) atoms. The highest BCUT2D eigenvalue weighted by atomic mass is 16.6. The molecule has 1 saturated heterocycles. The second-order valence-electron chi connectivity index (χ2n) is 8.58. The fraction of sp³-hybridized carbons (Fsp3) is 0.375. The van der Waals surface area contributed by atoms with Crippen LogP contribution in [0.3, 0.4) is 0 Å². The van der Waals surface area contributed by atoms with E-state index in [-0.39, 0.29) is 11.7 Å². The Morgan fingerprint density at radius 3 is 2.74 bits per heavy atom. The van der Waals surface area contributed by atoms with Gasteiger partial charge in [-0.25, -0.2) is 9.61 Å². The fourth-order valence-corrected chi connectivity index (χ4v) is 4.75. The fourth-order valence-electron chi connectivity index (χ4n) is 4.75. The number of carbonyl (C=O) groups is 1. The molecule has 1 fully saturated rings. The number of anilines is 1. The van der Waals surface area contributed by atoms with E-state index < -0.39 is 0 Å². The van der Waals surface area contributed by atoms with Gasteiger partial charge >= 0.3 is 0 Å². The number of benzene rings is 1. The van der Waals surface area contributed by atoms with Gasteiger partial charge in [0.05, 0.1) is 16.8 Å². The summed E-state index contributed by atoms with van der Waals surface area (Å²) in [4.78, 5) is 25.2. The molecule has 0 spiro atoms. The summed E-state index contributed by atoms with van der Waals surface area (Å²) in [5.74, 6) is 0.458. The highest BCUT2D eigenvalue weighted by Crippen LogP contribution is 2.33. The quantitative estimate of drug-likeness (QED) is 0.431. The lowest BCUT2D eigenvalue weighted by Gasteiger charge is -2.19. The summed E-state index contributed by atoms with van der Waals surface area (Å²) in [6.45, 7) is 4.24. The van der Waals surface area contributed by atoms with Gasteiger partial charge in [0.15, 0.2) is 17.3 Å². The summed E-state index contributed by atoms with van der Waals surface area (Å²) in [7, 11) is 2.14. The molecule has 0 aliphatic carbocycles. The molecule has 0 saturated carbocycles. The van der Waals surface area contributed by atoms with Crippen molar-refractivity contribution in [3.63, 3.8) is 0 Å². The predicted octanol–water partition coefficient (Wildman–Crippen LogP) is 2.96. The third-order valence-corrected chi connectivity index (χ3v) is 6.54. The van der Waals surface area contributed by atoms with E-state index in [0.29, 0.717) is 52.9 Å². The number of rotatable bonds is 7. The summed E-state index contributed by atoms with van der Waals surface area (Å²) >= 11 is 0. The summed E-state index contributed by atoms with van der Waals surface area (Å²) in [5.41, 5.74) is 9.66. The van der Waals surface area contributed by atoms with Crippen LogP contribution in [0.2, 0.25) is 0 Å². The number of nitrogen functional groups attached to an aromatic ring is 1. The molecule has 1 atom stereocenters. The number of fused-ring (bicyclic) bond motifs is 1. The zero-order valence-electron chi connectivity index (χ0n) is 19.4. The Labute approximate surface area is 197 Å². The van der Waals surface area contributed by atoms with E-state index in [2.05, 4.69) is 32.6 Å². The van der Waals surface area contributed by atoms with Gasteiger partial charge in [-0.05, 0) is 50.1 Å². The standard InChI is InChI=1S/C24H28N8O2/c1-3-32-21-17(24(33)26-12-11-16-10-7-13-31(16)2)14-27-18(15-8-5-4-6-9-15)19(21)28-23(32)20-22(25)30-34-29-20/h4-6,8-9,14,16H,3,7,10-13H2,1-2H3,(H2,25,30)(H,26,33). The van der Waals surface area contributed by atoms with Gasteiger partial charge < -0.3 is 20.5 Å². The number of hydrogen-bond acceptors (Lipinski definition) is 8. The maximum atomic E-state index is 13.3. The first-order chi connectivity index (χ1) is 16.6. The number of carbonyl (C=O) groups excluding carboxylic acids is 1. The molecule has 1 aliphatic rings. The van der Waals surface area contributed by atoms with Crippen molar-refractivity contribution in [1.29, 1.82) is 0 Å². The van der Waals surface area contributed by atoms with Crippen LogP contribution in [0.1, 0.15) is 36.5 Å². The van der Waals surface area contributed by atoms with Gasteiger partial charge in [0.2, 0.25) is 0 Å². The van der Waals surface area contributed by atoms with Crippen LogP contribution < -0.4 is 11.1 Å². The van der Waals surface area contributed by atoms with Gasteiger partial charge in [0.1, 0.15) is 5.52 Å². The van der Waals surface area contributed by atoms with Crippen molar-refractivity contribution in [1.82, 2.24) is 35.1 Å². The second-order valence-corrected chi connectivity index (χ2v) is 8.58. The molecule has 0 radical (unpaired) electrons. The van der Waals surface area contributed by atoms with Gasteiger partial charge in [-0.15, -0.1) is 0 Å². The molecular weight excluding hydrogens is 432 g/mol. The van der Waals surface area contributed by atoms with E-state index in [0.717, 1.165) is 18.5 Å². The summed E-state index contributed by atoms with van der Waals surface area (Å²) in [5, 5.41) is 10.7. The van der Waals surface area contributed by atoms with Crippen LogP contribution in [0.15, 0.2) is 41.2 Å². The van der Waals surface area contributed by atoms with E-state index in [9.17, 15) is 4.79 Å². The Kier molecular flexibility index (Phi) is 5.97. The summed E-state index contributed by atoms with van der Waals surface area (Å²) in [6, 6.07) is 10.3. The van der Waals surface area contributed by atoms with E-state index in [1.54, 1.807) is 6.20 Å². The molecule has 4 heterocycles. The van der Waals surface area contributed by atoms with Crippen molar-refractivity contribution < 1.29 is 9.42 Å². The number of nitrogens with two attached hydrogens (primary N) is 1. The van der Waals surface area contributed by atoms with E-state index >= 15 is 0 Å². The predicted molar refractivity (Wildman–Crippen MR) is 129 cm³/mol. The molecule has 1 aliphatic heterocycles. The third-order valence-electron chi connectivity index (χ3n) is 6.54. The third kappa shape index (κ3) is 3.90. The average Bonchev–Trinajstić information content (AvgIpc) is 3.57. The maximum absolute atomic E-state index is 13.3. The molecule has 1 amide bonds. The molecule has 5 rings (SSSR count). The Balaban J connectivity index is 1.57. The highest BCUT2D eigenvalue weighted by Gasteiger charge is 2.26. The molecule has 10 nitrogen and oxygen atoms in total. The van der Waals surface area contributed by atoms with Crippen LogP contribution in [-0.4, -0.2) is 61.8 Å². The number of likely N-dealkylation sites (tertiary alicyclic amines) is 1. The van der Waals surface area contributed by atoms with Crippen LogP contribution >= 0.6 is 0 Å². The second kappa shape index (κ2) is 9.22. The first-order valence-electron chi connectivity index (χ1n) is 11.6. The number of hydrogen-bond donors (Lipinski definition) is 2. The van der Waals surface area contributed by atoms with Crippen molar-refractivity contribution in [2.24, 2.45) is 0 Å². The van der Waals surface area contributed by atoms with Gasteiger partial charge in [0, 0.05) is 30.9 Å². The molecule has 1 unspecified atom stereocenters. The largest absolute Gasteiger partial charge is 0.379 e. The number of nitrogens with one attached hydrogen (secondary N) is 1. The molecule has 3 aromatic heterocycles. The maximum Gasteiger partial charge on any atom is 0.255 e. The minimum atomic E-state index is -0.176. The lowest BCUT2D eigenvalue weighted by atomic mass is 10.1. The number of nitrogens with zero attached hydrogens (tertiary/aromatic N) is 6. The molecule has 0 bridgehead atoms. The minimum absolute atomic E-state index is 0.144. The number of aryl methyl sites for hydroxylation is 1. The van der Waals surface area contributed by atoms with Crippen molar-refractivity contribution in [3.05, 3.63) is 42.1 Å². The molecule has 10 heteroatoms. The van der Waals surface area contributed by atoms with Gasteiger partial charge in [0.25, 0.3) is 5.91 Å². The Hall–Kier alpha value is -3.79. The average molecular weight is 461 g/mol. The SMILES string of the molecule is CCn1c(-c2nonc2N)nc2c(-c3ccccc3)ncc(C(=O)NCCC3CCCN3C)c21. The van der Waals surface area contributed by atoms with Gasteiger partial charge in [-0.3, -0.25) is 9.78 Å². The number of pyridine rings is 1. The molecule has 1 aromatic carbocycles. The number of aromatic nitrogens is 5. The van der Waals surface area contributed by atoms with Crippen LogP contribution in [0, 0.1) is 0 Å². The first kappa shape index (κ1) is 22.0. The van der Waals surface area contributed by atoms with Crippen molar-refractivity contribution >= 4 is 22.8 Å². The van der Waals surface area contributed by atoms with Gasteiger partial charge in [-0.2, -0.15) is 0 Å². The van der Waals surface area contributed by atoms with Crippen molar-refractivity contribution in [3.8, 4) is 22.8 Å². The van der Waals surface area contributed by atoms with Gasteiger partial charge in [-0.1, -0.05) is 30.3 Å². The topological polar surface area (TPSA) is 128 Å². The smallest absolute Gasteiger partial charge is 0.255 e. The zero-order valence-corrected chi connectivity index (χ0v) is 19.4. The molecule has 176 valence electrons. The van der Waals surface area contributed by atoms with Crippen molar-refractivity contribution in [2.45, 2.75) is 38.8 Å². The highest BCUT2D eigenvalue weighted by molar-refractivity contribution is 6.08. The first-order valence-corrected chi connectivity index (χ1v) is 11.6. The lowest BCUT2D eigenvalue weighted by Crippen LogP contribution is -2.32. The molecular formula is C24H28N8O2. The molecule has 4 aromatic rings. The zero-order chi connectivity index (χ0) is 23.7. The number of imidazole rings is 1. The van der Waals surface area contributed by atoms with E-state index in [1.165, 1.54) is 12.8 Å². The van der Waals surface area contributed by atoms with Crippen LogP contribution in [0.25, 0.3) is 33.8 Å². The monoisotopic (exact) mass is 460 g/mol. The normalized spacial score (nSPS) is 16.4. The van der Waals surface area contributed by atoms with Crippen LogP contribution in [-0.2, 0) is 6.54 Å². The van der Waals surface area contributed by atoms with Crippen LogP contribution in [0.5, 0.6) is 0 Å². The van der Waals surface area contributed by atoms with E-state index in [4.69, 9.17) is 15.3 Å². The Morgan fingerprint density at radius 1 is 1.24 bits per heavy atom. The summed E-state index contributed by atoms with van der Waals surface area (Å²) in [6.07, 6.45) is 4.92. The van der Waals surface area contributed by atoms with Crippen LogP contribution in [0.4, 0.5) is 5.82 Å². The Morgan fingerprint density at radius 2 is 2.06 bits per heavy atom. The molecule has 3 N–H and O–H groups in total.